The van der Waals surface area contributed by atoms with Crippen molar-refractivity contribution in [1.29, 1.82) is 0 Å². The molecule has 0 radical (unpaired) electrons. The Kier molecular flexibility index (Phi) is 3.78. The SMILES string of the molecule is COc1ccc([C@@H](CN)c2ccccc2)cc1. The van der Waals surface area contributed by atoms with E-state index in [4.69, 9.17) is 10.5 Å². The molecule has 1 atom stereocenters. The molecule has 0 saturated carbocycles. The first-order valence-electron chi connectivity index (χ1n) is 5.74. The van der Waals surface area contributed by atoms with Crippen molar-refractivity contribution in [2.75, 3.05) is 13.7 Å². The van der Waals surface area contributed by atoms with E-state index in [9.17, 15) is 0 Å². The van der Waals surface area contributed by atoms with Crippen molar-refractivity contribution in [3.8, 4) is 5.75 Å². The van der Waals surface area contributed by atoms with E-state index >= 15 is 0 Å². The lowest BCUT2D eigenvalue weighted by molar-refractivity contribution is 0.414. The third-order valence-corrected chi connectivity index (χ3v) is 2.96. The van der Waals surface area contributed by atoms with Crippen LogP contribution in [0.1, 0.15) is 17.0 Å². The van der Waals surface area contributed by atoms with Crippen molar-refractivity contribution in [3.05, 3.63) is 65.7 Å². The highest BCUT2D eigenvalue weighted by molar-refractivity contribution is 5.36. The van der Waals surface area contributed by atoms with E-state index in [1.807, 2.05) is 30.3 Å². The van der Waals surface area contributed by atoms with Gasteiger partial charge in [0.1, 0.15) is 5.75 Å². The predicted octanol–water partition coefficient (Wildman–Crippen LogP) is 2.79. The normalized spacial score (nSPS) is 12.1. The monoisotopic (exact) mass is 227 g/mol. The lowest BCUT2D eigenvalue weighted by Gasteiger charge is -2.16. The Morgan fingerprint density at radius 1 is 0.941 bits per heavy atom. The maximum absolute atomic E-state index is 5.88. The first-order valence-corrected chi connectivity index (χ1v) is 5.74. The highest BCUT2D eigenvalue weighted by Gasteiger charge is 2.11. The molecule has 0 bridgehead atoms. The van der Waals surface area contributed by atoms with Crippen molar-refractivity contribution in [1.82, 2.24) is 0 Å². The Hall–Kier alpha value is -1.80. The molecule has 0 heterocycles. The summed E-state index contributed by atoms with van der Waals surface area (Å²) >= 11 is 0. The largest absolute Gasteiger partial charge is 0.497 e. The lowest BCUT2D eigenvalue weighted by Crippen LogP contribution is -2.13. The van der Waals surface area contributed by atoms with Gasteiger partial charge in [0, 0.05) is 12.5 Å². The Balaban J connectivity index is 2.29. The molecule has 2 nitrogen and oxygen atoms in total. The summed E-state index contributed by atoms with van der Waals surface area (Å²) in [6.07, 6.45) is 0. The average molecular weight is 227 g/mol. The van der Waals surface area contributed by atoms with Gasteiger partial charge in [-0.15, -0.1) is 0 Å². The van der Waals surface area contributed by atoms with Crippen molar-refractivity contribution < 1.29 is 4.74 Å². The minimum Gasteiger partial charge on any atom is -0.497 e. The lowest BCUT2D eigenvalue weighted by atomic mass is 9.91. The van der Waals surface area contributed by atoms with Gasteiger partial charge in [-0.1, -0.05) is 42.5 Å². The summed E-state index contributed by atoms with van der Waals surface area (Å²) < 4.78 is 5.16. The summed E-state index contributed by atoms with van der Waals surface area (Å²) in [4.78, 5) is 0. The number of nitrogens with two attached hydrogens (primary N) is 1. The van der Waals surface area contributed by atoms with Gasteiger partial charge in [-0.05, 0) is 23.3 Å². The number of hydrogen-bond donors (Lipinski definition) is 1. The van der Waals surface area contributed by atoms with Gasteiger partial charge < -0.3 is 10.5 Å². The Morgan fingerprint density at radius 3 is 2.06 bits per heavy atom. The van der Waals surface area contributed by atoms with Gasteiger partial charge >= 0.3 is 0 Å². The van der Waals surface area contributed by atoms with Gasteiger partial charge in [0.25, 0.3) is 0 Å². The molecule has 0 spiro atoms. The zero-order chi connectivity index (χ0) is 12.1. The van der Waals surface area contributed by atoms with Crippen molar-refractivity contribution >= 4 is 0 Å². The Labute approximate surface area is 102 Å². The first kappa shape index (κ1) is 11.7. The highest BCUT2D eigenvalue weighted by atomic mass is 16.5. The molecule has 2 heteroatoms. The molecular weight excluding hydrogens is 210 g/mol. The molecule has 0 saturated heterocycles. The zero-order valence-electron chi connectivity index (χ0n) is 9.97. The van der Waals surface area contributed by atoms with Gasteiger partial charge in [-0.2, -0.15) is 0 Å². The van der Waals surface area contributed by atoms with Crippen LogP contribution in [0.2, 0.25) is 0 Å². The fourth-order valence-electron chi connectivity index (χ4n) is 1.99. The Bertz CT molecular complexity index is 450. The van der Waals surface area contributed by atoms with Crippen molar-refractivity contribution in [2.45, 2.75) is 5.92 Å². The third kappa shape index (κ3) is 2.66. The first-order chi connectivity index (χ1) is 8.35. The molecule has 0 fully saturated rings. The minimum atomic E-state index is 0.252. The topological polar surface area (TPSA) is 35.2 Å². The van der Waals surface area contributed by atoms with Crippen molar-refractivity contribution in [3.63, 3.8) is 0 Å². The summed E-state index contributed by atoms with van der Waals surface area (Å²) in [5, 5.41) is 0. The molecule has 2 aromatic rings. The predicted molar refractivity (Wildman–Crippen MR) is 70.3 cm³/mol. The Morgan fingerprint density at radius 2 is 1.53 bits per heavy atom. The van der Waals surface area contributed by atoms with E-state index in [-0.39, 0.29) is 5.92 Å². The maximum atomic E-state index is 5.88. The van der Waals surface area contributed by atoms with E-state index in [2.05, 4.69) is 24.3 Å². The van der Waals surface area contributed by atoms with E-state index in [0.29, 0.717) is 6.54 Å². The van der Waals surface area contributed by atoms with Crippen LogP contribution in [0.5, 0.6) is 5.75 Å². The van der Waals surface area contributed by atoms with Gasteiger partial charge in [-0.3, -0.25) is 0 Å². The minimum absolute atomic E-state index is 0.252. The fourth-order valence-corrected chi connectivity index (χ4v) is 1.99. The maximum Gasteiger partial charge on any atom is 0.118 e. The van der Waals surface area contributed by atoms with Crippen LogP contribution in [0.4, 0.5) is 0 Å². The molecule has 17 heavy (non-hydrogen) atoms. The molecule has 0 aliphatic heterocycles. The second-order valence-corrected chi connectivity index (χ2v) is 3.97. The van der Waals surface area contributed by atoms with Gasteiger partial charge in [0.2, 0.25) is 0 Å². The molecule has 0 aliphatic carbocycles. The summed E-state index contributed by atoms with van der Waals surface area (Å²) in [7, 11) is 1.67. The number of methoxy groups -OCH3 is 1. The third-order valence-electron chi connectivity index (χ3n) is 2.96. The van der Waals surface area contributed by atoms with Crippen molar-refractivity contribution in [2.24, 2.45) is 5.73 Å². The summed E-state index contributed by atoms with van der Waals surface area (Å²) in [6.45, 7) is 0.607. The number of hydrogen-bond acceptors (Lipinski definition) is 2. The molecule has 0 unspecified atom stereocenters. The summed E-state index contributed by atoms with van der Waals surface area (Å²) in [5.41, 5.74) is 8.35. The molecule has 2 N–H and O–H groups in total. The molecule has 0 aliphatic rings. The summed E-state index contributed by atoms with van der Waals surface area (Å²) in [6, 6.07) is 18.4. The second kappa shape index (κ2) is 5.51. The molecule has 0 aromatic heterocycles. The second-order valence-electron chi connectivity index (χ2n) is 3.97. The van der Waals surface area contributed by atoms with Crippen LogP contribution in [0, 0.1) is 0 Å². The highest BCUT2D eigenvalue weighted by Crippen LogP contribution is 2.25. The summed E-state index contributed by atoms with van der Waals surface area (Å²) in [5.74, 6) is 1.12. The van der Waals surface area contributed by atoms with Crippen LogP contribution in [-0.2, 0) is 0 Å². The number of benzene rings is 2. The van der Waals surface area contributed by atoms with Crippen LogP contribution in [-0.4, -0.2) is 13.7 Å². The van der Waals surface area contributed by atoms with Crippen LogP contribution >= 0.6 is 0 Å². The number of ether oxygens (including phenoxy) is 1. The number of rotatable bonds is 4. The fraction of sp³-hybridized carbons (Fsp3) is 0.200. The standard InChI is InChI=1S/C15H17NO/c1-17-14-9-7-13(8-10-14)15(11-16)12-5-3-2-4-6-12/h2-10,15H,11,16H2,1H3/t15-/m0/s1. The van der Waals surface area contributed by atoms with Gasteiger partial charge in [-0.25, -0.2) is 0 Å². The van der Waals surface area contributed by atoms with Crippen LogP contribution < -0.4 is 10.5 Å². The van der Waals surface area contributed by atoms with Crippen LogP contribution in [0.3, 0.4) is 0 Å². The quantitative estimate of drug-likeness (QED) is 0.871. The smallest absolute Gasteiger partial charge is 0.118 e. The van der Waals surface area contributed by atoms with E-state index in [1.54, 1.807) is 7.11 Å². The van der Waals surface area contributed by atoms with E-state index in [0.717, 1.165) is 5.75 Å². The molecule has 88 valence electrons. The average Bonchev–Trinajstić information content (AvgIpc) is 2.42. The zero-order valence-corrected chi connectivity index (χ0v) is 9.97. The molecule has 2 rings (SSSR count). The van der Waals surface area contributed by atoms with Crippen LogP contribution in [0.15, 0.2) is 54.6 Å². The molecule has 2 aromatic carbocycles. The molecule has 0 amide bonds. The van der Waals surface area contributed by atoms with E-state index in [1.165, 1.54) is 11.1 Å². The van der Waals surface area contributed by atoms with Crippen LogP contribution in [0.25, 0.3) is 0 Å². The van der Waals surface area contributed by atoms with Gasteiger partial charge in [0.15, 0.2) is 0 Å². The van der Waals surface area contributed by atoms with Gasteiger partial charge in [0.05, 0.1) is 7.11 Å². The van der Waals surface area contributed by atoms with E-state index < -0.39 is 0 Å². The molecular formula is C15H17NO.